The fraction of sp³-hybridized carbons (Fsp3) is 0.615. The van der Waals surface area contributed by atoms with Gasteiger partial charge in [-0.1, -0.05) is 25.5 Å². The molecule has 33 heavy (non-hydrogen) atoms. The molecule has 0 spiro atoms. The van der Waals surface area contributed by atoms with E-state index < -0.39 is 6.04 Å². The summed E-state index contributed by atoms with van der Waals surface area (Å²) in [4.78, 5) is 31.4. The quantitative estimate of drug-likeness (QED) is 0.631. The Kier molecular flexibility index (Phi) is 6.69. The van der Waals surface area contributed by atoms with Gasteiger partial charge in [0.05, 0.1) is 37.4 Å². The number of ether oxygens (including phenoxy) is 3. The first-order chi connectivity index (χ1) is 16.2. The maximum atomic E-state index is 13.7. The van der Waals surface area contributed by atoms with Crippen molar-refractivity contribution >= 4 is 11.7 Å². The maximum Gasteiger partial charge on any atom is 0.290 e. The summed E-state index contributed by atoms with van der Waals surface area (Å²) < 4.78 is 17.6. The number of hydrogen-bond donors (Lipinski definition) is 0. The van der Waals surface area contributed by atoms with E-state index in [9.17, 15) is 9.59 Å². The highest BCUT2D eigenvalue weighted by molar-refractivity contribution is 6.11. The molecule has 3 aliphatic heterocycles. The molecule has 1 aromatic rings. The van der Waals surface area contributed by atoms with Crippen molar-refractivity contribution in [3.63, 3.8) is 0 Å². The molecule has 1 aliphatic carbocycles. The SMILES string of the molecule is CCCOc1cccc(C2C3=C(OC4CCCCC4C3=O)C(=O)N2CCN2CCOCC2)c1. The summed E-state index contributed by atoms with van der Waals surface area (Å²) in [5, 5.41) is 0. The summed E-state index contributed by atoms with van der Waals surface area (Å²) in [6.07, 6.45) is 4.54. The van der Waals surface area contributed by atoms with Crippen LogP contribution in [0.3, 0.4) is 0 Å². The molecular weight excluding hydrogens is 420 g/mol. The van der Waals surface area contributed by atoms with Crippen LogP contribution in [0.2, 0.25) is 0 Å². The van der Waals surface area contributed by atoms with Crippen molar-refractivity contribution < 1.29 is 23.8 Å². The van der Waals surface area contributed by atoms with Crippen LogP contribution in [-0.2, 0) is 19.1 Å². The Hall–Kier alpha value is -2.38. The molecule has 5 rings (SSSR count). The maximum absolute atomic E-state index is 13.7. The van der Waals surface area contributed by atoms with Crippen LogP contribution in [0.5, 0.6) is 5.75 Å². The molecular formula is C26H34N2O5. The van der Waals surface area contributed by atoms with Crippen LogP contribution in [0, 0.1) is 5.92 Å². The number of rotatable bonds is 7. The summed E-state index contributed by atoms with van der Waals surface area (Å²) in [6, 6.07) is 7.43. The Morgan fingerprint density at radius 1 is 1.09 bits per heavy atom. The molecule has 7 heteroatoms. The normalized spacial score (nSPS) is 27.9. The van der Waals surface area contributed by atoms with Gasteiger partial charge in [0, 0.05) is 26.2 Å². The first-order valence-corrected chi connectivity index (χ1v) is 12.5. The molecule has 178 valence electrons. The third kappa shape index (κ3) is 4.41. The van der Waals surface area contributed by atoms with E-state index in [1.807, 2.05) is 29.2 Å². The minimum absolute atomic E-state index is 0.105. The van der Waals surface area contributed by atoms with Gasteiger partial charge in [-0.05, 0) is 43.4 Å². The van der Waals surface area contributed by atoms with Crippen molar-refractivity contribution in [2.75, 3.05) is 46.0 Å². The van der Waals surface area contributed by atoms with E-state index in [0.717, 1.165) is 63.1 Å². The second kappa shape index (κ2) is 9.85. The minimum atomic E-state index is -0.422. The molecule has 0 aromatic heterocycles. The zero-order chi connectivity index (χ0) is 22.8. The van der Waals surface area contributed by atoms with Gasteiger partial charge in [0.15, 0.2) is 11.5 Å². The van der Waals surface area contributed by atoms with Crippen molar-refractivity contribution in [2.45, 2.75) is 51.2 Å². The lowest BCUT2D eigenvalue weighted by Gasteiger charge is -2.35. The van der Waals surface area contributed by atoms with E-state index in [1.54, 1.807) is 0 Å². The minimum Gasteiger partial charge on any atom is -0.494 e. The van der Waals surface area contributed by atoms with Crippen LogP contribution in [0.4, 0.5) is 0 Å². The second-order valence-electron chi connectivity index (χ2n) is 9.43. The van der Waals surface area contributed by atoms with Crippen molar-refractivity contribution in [3.05, 3.63) is 41.2 Å². The highest BCUT2D eigenvalue weighted by atomic mass is 16.5. The summed E-state index contributed by atoms with van der Waals surface area (Å²) in [5.74, 6) is 0.874. The third-order valence-electron chi connectivity index (χ3n) is 7.27. The lowest BCUT2D eigenvalue weighted by Crippen LogP contribution is -2.43. The Labute approximate surface area is 195 Å². The summed E-state index contributed by atoms with van der Waals surface area (Å²) in [5.41, 5.74) is 1.47. The molecule has 0 radical (unpaired) electrons. The number of amides is 1. The lowest BCUT2D eigenvalue weighted by atomic mass is 9.77. The van der Waals surface area contributed by atoms with Gasteiger partial charge in [-0.3, -0.25) is 14.5 Å². The number of hydrogen-bond acceptors (Lipinski definition) is 6. The van der Waals surface area contributed by atoms with Gasteiger partial charge in [0.25, 0.3) is 5.91 Å². The van der Waals surface area contributed by atoms with Crippen molar-refractivity contribution in [1.29, 1.82) is 0 Å². The number of carbonyl (C=O) groups excluding carboxylic acids is 2. The van der Waals surface area contributed by atoms with Crippen molar-refractivity contribution in [1.82, 2.24) is 9.80 Å². The molecule has 1 saturated carbocycles. The number of benzene rings is 1. The Morgan fingerprint density at radius 3 is 2.73 bits per heavy atom. The second-order valence-corrected chi connectivity index (χ2v) is 9.43. The predicted octanol–water partition coefficient (Wildman–Crippen LogP) is 3.10. The molecule has 1 aromatic carbocycles. The Balaban J connectivity index is 1.47. The topological polar surface area (TPSA) is 68.3 Å². The van der Waals surface area contributed by atoms with Gasteiger partial charge in [-0.15, -0.1) is 0 Å². The molecule has 0 bridgehead atoms. The monoisotopic (exact) mass is 454 g/mol. The zero-order valence-electron chi connectivity index (χ0n) is 19.5. The van der Waals surface area contributed by atoms with Gasteiger partial charge in [-0.2, -0.15) is 0 Å². The van der Waals surface area contributed by atoms with E-state index in [-0.39, 0.29) is 29.5 Å². The number of ketones is 1. The van der Waals surface area contributed by atoms with Crippen molar-refractivity contribution in [3.8, 4) is 5.75 Å². The summed E-state index contributed by atoms with van der Waals surface area (Å²) in [7, 11) is 0. The van der Waals surface area contributed by atoms with E-state index in [1.165, 1.54) is 0 Å². The number of fused-ring (bicyclic) bond motifs is 1. The summed E-state index contributed by atoms with van der Waals surface area (Å²) in [6.45, 7) is 7.15. The van der Waals surface area contributed by atoms with Crippen LogP contribution < -0.4 is 4.74 Å². The first-order valence-electron chi connectivity index (χ1n) is 12.5. The molecule has 1 amide bonds. The molecule has 3 heterocycles. The highest BCUT2D eigenvalue weighted by Crippen LogP contribution is 2.47. The van der Waals surface area contributed by atoms with Crippen LogP contribution in [0.25, 0.3) is 0 Å². The average Bonchev–Trinajstić information content (AvgIpc) is 3.14. The van der Waals surface area contributed by atoms with Crippen LogP contribution in [-0.4, -0.2) is 73.6 Å². The Morgan fingerprint density at radius 2 is 1.91 bits per heavy atom. The molecule has 1 saturated heterocycles. The van der Waals surface area contributed by atoms with Crippen molar-refractivity contribution in [2.24, 2.45) is 5.92 Å². The third-order valence-corrected chi connectivity index (χ3v) is 7.27. The van der Waals surface area contributed by atoms with E-state index in [0.29, 0.717) is 31.9 Å². The molecule has 7 nitrogen and oxygen atoms in total. The lowest BCUT2D eigenvalue weighted by molar-refractivity contribution is -0.135. The molecule has 4 aliphatic rings. The van der Waals surface area contributed by atoms with Gasteiger partial charge in [-0.25, -0.2) is 0 Å². The smallest absolute Gasteiger partial charge is 0.290 e. The summed E-state index contributed by atoms with van der Waals surface area (Å²) >= 11 is 0. The number of Topliss-reactive ketones (excluding diaryl/α,β-unsaturated/α-hetero) is 1. The number of morpholine rings is 1. The van der Waals surface area contributed by atoms with Gasteiger partial charge in [0.1, 0.15) is 11.9 Å². The van der Waals surface area contributed by atoms with Crippen LogP contribution >= 0.6 is 0 Å². The fourth-order valence-corrected chi connectivity index (χ4v) is 5.54. The molecule has 3 atom stereocenters. The standard InChI is InChI=1S/C26H34N2O5/c1-2-14-32-19-7-5-6-18(17-19)23-22-24(29)20-8-3-4-9-21(20)33-25(22)26(30)28(23)11-10-27-12-15-31-16-13-27/h5-7,17,20-21,23H,2-4,8-16H2,1H3. The Bertz CT molecular complexity index is 923. The van der Waals surface area contributed by atoms with Crippen LogP contribution in [0.15, 0.2) is 35.6 Å². The molecule has 2 fully saturated rings. The average molecular weight is 455 g/mol. The number of carbonyl (C=O) groups is 2. The largest absolute Gasteiger partial charge is 0.494 e. The van der Waals surface area contributed by atoms with E-state index >= 15 is 0 Å². The first kappa shape index (κ1) is 22.4. The predicted molar refractivity (Wildman–Crippen MR) is 123 cm³/mol. The van der Waals surface area contributed by atoms with Gasteiger partial charge in [0.2, 0.25) is 0 Å². The molecule has 3 unspecified atom stereocenters. The van der Waals surface area contributed by atoms with E-state index in [2.05, 4.69) is 11.8 Å². The van der Waals surface area contributed by atoms with Gasteiger partial charge >= 0.3 is 0 Å². The molecule has 0 N–H and O–H groups in total. The van der Waals surface area contributed by atoms with Crippen LogP contribution in [0.1, 0.15) is 50.6 Å². The highest BCUT2D eigenvalue weighted by Gasteiger charge is 2.51. The fourth-order valence-electron chi connectivity index (χ4n) is 5.54. The van der Waals surface area contributed by atoms with E-state index in [4.69, 9.17) is 14.2 Å². The zero-order valence-corrected chi connectivity index (χ0v) is 19.5. The number of nitrogens with zero attached hydrogens (tertiary/aromatic N) is 2. The van der Waals surface area contributed by atoms with Gasteiger partial charge < -0.3 is 19.1 Å².